The van der Waals surface area contributed by atoms with Crippen molar-refractivity contribution in [3.05, 3.63) is 29.8 Å². The van der Waals surface area contributed by atoms with Crippen LogP contribution >= 0.6 is 0 Å². The van der Waals surface area contributed by atoms with Gasteiger partial charge in [0.2, 0.25) is 5.91 Å². The van der Waals surface area contributed by atoms with Crippen LogP contribution in [0.2, 0.25) is 0 Å². The van der Waals surface area contributed by atoms with Gasteiger partial charge in [0.25, 0.3) is 0 Å². The Morgan fingerprint density at radius 1 is 1.48 bits per heavy atom. The van der Waals surface area contributed by atoms with E-state index in [1.165, 1.54) is 0 Å². The maximum atomic E-state index is 11.9. The molecule has 0 aliphatic carbocycles. The molecule has 1 aromatic carbocycles. The number of amides is 1. The van der Waals surface area contributed by atoms with Gasteiger partial charge in [-0.1, -0.05) is 0 Å². The molecule has 0 saturated carbocycles. The number of rotatable bonds is 6. The van der Waals surface area contributed by atoms with E-state index in [9.17, 15) is 4.79 Å². The number of benzene rings is 1. The van der Waals surface area contributed by atoms with E-state index in [4.69, 9.17) is 10.00 Å². The fraction of sp³-hybridized carbons (Fsp3) is 0.500. The highest BCUT2D eigenvalue weighted by Gasteiger charge is 2.19. The van der Waals surface area contributed by atoms with Crippen LogP contribution in [0.3, 0.4) is 0 Å². The van der Waals surface area contributed by atoms with Gasteiger partial charge in [-0.25, -0.2) is 0 Å². The first-order chi connectivity index (χ1) is 10.2. The van der Waals surface area contributed by atoms with Crippen molar-refractivity contribution < 1.29 is 9.53 Å². The summed E-state index contributed by atoms with van der Waals surface area (Å²) in [5.74, 6) is 0.00998. The summed E-state index contributed by atoms with van der Waals surface area (Å²) in [6.07, 6.45) is 2.40. The van der Waals surface area contributed by atoms with Crippen molar-refractivity contribution in [1.29, 1.82) is 5.26 Å². The Morgan fingerprint density at radius 2 is 2.24 bits per heavy atom. The second-order valence-corrected chi connectivity index (χ2v) is 5.34. The average Bonchev–Trinajstić information content (AvgIpc) is 3.02. The Morgan fingerprint density at radius 3 is 2.86 bits per heavy atom. The van der Waals surface area contributed by atoms with Crippen molar-refractivity contribution in [3.8, 4) is 6.07 Å². The third-order valence-electron chi connectivity index (χ3n) is 3.74. The van der Waals surface area contributed by atoms with E-state index in [0.29, 0.717) is 18.0 Å². The number of nitriles is 1. The lowest BCUT2D eigenvalue weighted by Crippen LogP contribution is -2.33. The number of ether oxygens (including phenoxy) is 1. The molecule has 1 aromatic rings. The number of carbonyl (C=O) groups excluding carboxylic acids is 1. The van der Waals surface area contributed by atoms with E-state index in [1.54, 1.807) is 24.3 Å². The summed E-state index contributed by atoms with van der Waals surface area (Å²) >= 11 is 0. The van der Waals surface area contributed by atoms with Crippen LogP contribution in [0.1, 0.15) is 24.8 Å². The van der Waals surface area contributed by atoms with E-state index in [2.05, 4.69) is 23.3 Å². The van der Waals surface area contributed by atoms with E-state index in [1.807, 2.05) is 0 Å². The number of likely N-dealkylation sites (N-methyl/N-ethyl adjacent to an activating group) is 1. The molecule has 0 aromatic heterocycles. The lowest BCUT2D eigenvalue weighted by atomic mass is 10.2. The lowest BCUT2D eigenvalue weighted by molar-refractivity contribution is -0.116. The van der Waals surface area contributed by atoms with Gasteiger partial charge < -0.3 is 15.0 Å². The maximum absolute atomic E-state index is 11.9. The standard InChI is InChI=1S/C16H21N3O2/c1-19(15-8-10-21-12-15)9-2-3-16(20)18-14-6-4-13(11-17)5-7-14/h4-7,15H,2-3,8-10,12H2,1H3,(H,18,20). The summed E-state index contributed by atoms with van der Waals surface area (Å²) in [5.41, 5.74) is 1.32. The minimum Gasteiger partial charge on any atom is -0.380 e. The third-order valence-corrected chi connectivity index (χ3v) is 3.74. The minimum atomic E-state index is 0.00998. The molecule has 0 bridgehead atoms. The second-order valence-electron chi connectivity index (χ2n) is 5.34. The molecule has 1 N–H and O–H groups in total. The Hall–Kier alpha value is -1.90. The zero-order valence-electron chi connectivity index (χ0n) is 12.3. The quantitative estimate of drug-likeness (QED) is 0.869. The van der Waals surface area contributed by atoms with Gasteiger partial charge >= 0.3 is 0 Å². The molecule has 112 valence electrons. The van der Waals surface area contributed by atoms with Crippen LogP contribution in [-0.4, -0.2) is 43.7 Å². The Bertz CT molecular complexity index is 501. The van der Waals surface area contributed by atoms with Crippen LogP contribution in [0.5, 0.6) is 0 Å². The van der Waals surface area contributed by atoms with Crippen LogP contribution in [0.4, 0.5) is 5.69 Å². The van der Waals surface area contributed by atoms with Crippen molar-refractivity contribution in [1.82, 2.24) is 4.90 Å². The van der Waals surface area contributed by atoms with Crippen LogP contribution in [0, 0.1) is 11.3 Å². The van der Waals surface area contributed by atoms with E-state index in [0.717, 1.165) is 38.3 Å². The summed E-state index contributed by atoms with van der Waals surface area (Å²) < 4.78 is 5.36. The molecule has 0 radical (unpaired) electrons. The second kappa shape index (κ2) is 7.77. The van der Waals surface area contributed by atoms with Crippen molar-refractivity contribution in [2.45, 2.75) is 25.3 Å². The van der Waals surface area contributed by atoms with Crippen LogP contribution in [-0.2, 0) is 9.53 Å². The predicted octanol–water partition coefficient (Wildman–Crippen LogP) is 2.00. The van der Waals surface area contributed by atoms with Crippen LogP contribution in [0.25, 0.3) is 0 Å². The molecule has 2 rings (SSSR count). The SMILES string of the molecule is CN(CCCC(=O)Nc1ccc(C#N)cc1)C1CCOC1. The Kier molecular flexibility index (Phi) is 5.73. The molecule has 1 atom stereocenters. The van der Waals surface area contributed by atoms with Crippen LogP contribution in [0.15, 0.2) is 24.3 Å². The number of nitrogens with zero attached hydrogens (tertiary/aromatic N) is 2. The number of carbonyl (C=O) groups is 1. The molecule has 21 heavy (non-hydrogen) atoms. The Balaban J connectivity index is 1.68. The fourth-order valence-corrected chi connectivity index (χ4v) is 2.39. The van der Waals surface area contributed by atoms with E-state index >= 15 is 0 Å². The van der Waals surface area contributed by atoms with Gasteiger partial charge in [0.05, 0.1) is 18.2 Å². The van der Waals surface area contributed by atoms with Crippen molar-refractivity contribution in [2.24, 2.45) is 0 Å². The first-order valence-electron chi connectivity index (χ1n) is 7.27. The van der Waals surface area contributed by atoms with Crippen molar-refractivity contribution in [3.63, 3.8) is 0 Å². The first-order valence-corrected chi connectivity index (χ1v) is 7.27. The van der Waals surface area contributed by atoms with Gasteiger partial charge in [-0.05, 0) is 50.7 Å². The summed E-state index contributed by atoms with van der Waals surface area (Å²) in [5, 5.41) is 11.6. The van der Waals surface area contributed by atoms with E-state index in [-0.39, 0.29) is 5.91 Å². The highest BCUT2D eigenvalue weighted by Crippen LogP contribution is 2.12. The minimum absolute atomic E-state index is 0.00998. The average molecular weight is 287 g/mol. The lowest BCUT2D eigenvalue weighted by Gasteiger charge is -2.22. The molecule has 1 fully saturated rings. The first kappa shape index (κ1) is 15.5. The number of nitrogens with one attached hydrogen (secondary N) is 1. The van der Waals surface area contributed by atoms with Crippen LogP contribution < -0.4 is 5.32 Å². The summed E-state index contributed by atoms with van der Waals surface area (Å²) in [6, 6.07) is 9.44. The van der Waals surface area contributed by atoms with Gasteiger partial charge in [-0.15, -0.1) is 0 Å². The molecule has 5 nitrogen and oxygen atoms in total. The summed E-state index contributed by atoms with van der Waals surface area (Å²) in [7, 11) is 2.08. The van der Waals surface area contributed by atoms with Crippen molar-refractivity contribution >= 4 is 11.6 Å². The normalized spacial score (nSPS) is 17.7. The number of hydrogen-bond acceptors (Lipinski definition) is 4. The molecule has 5 heteroatoms. The summed E-state index contributed by atoms with van der Waals surface area (Å²) in [4.78, 5) is 14.1. The van der Waals surface area contributed by atoms with Gasteiger partial charge in [0.15, 0.2) is 0 Å². The van der Waals surface area contributed by atoms with E-state index < -0.39 is 0 Å². The number of hydrogen-bond donors (Lipinski definition) is 1. The zero-order valence-corrected chi connectivity index (χ0v) is 12.3. The van der Waals surface area contributed by atoms with Gasteiger partial charge in [0, 0.05) is 24.8 Å². The topological polar surface area (TPSA) is 65.4 Å². The highest BCUT2D eigenvalue weighted by atomic mass is 16.5. The molecule has 1 aliphatic rings. The van der Waals surface area contributed by atoms with Gasteiger partial charge in [0.1, 0.15) is 0 Å². The maximum Gasteiger partial charge on any atom is 0.224 e. The predicted molar refractivity (Wildman–Crippen MR) is 80.9 cm³/mol. The number of anilines is 1. The molecule has 1 saturated heterocycles. The molecule has 1 amide bonds. The molecular weight excluding hydrogens is 266 g/mol. The fourth-order valence-electron chi connectivity index (χ4n) is 2.39. The summed E-state index contributed by atoms with van der Waals surface area (Å²) in [6.45, 7) is 2.54. The van der Waals surface area contributed by atoms with Gasteiger partial charge in [-0.2, -0.15) is 5.26 Å². The third kappa shape index (κ3) is 4.85. The Labute approximate surface area is 125 Å². The molecular formula is C16H21N3O2. The molecule has 1 heterocycles. The molecule has 1 aliphatic heterocycles. The zero-order chi connectivity index (χ0) is 15.1. The van der Waals surface area contributed by atoms with Gasteiger partial charge in [-0.3, -0.25) is 4.79 Å². The smallest absolute Gasteiger partial charge is 0.224 e. The monoisotopic (exact) mass is 287 g/mol. The van der Waals surface area contributed by atoms with Crippen molar-refractivity contribution in [2.75, 3.05) is 32.1 Å². The molecule has 1 unspecified atom stereocenters. The molecule has 0 spiro atoms. The highest BCUT2D eigenvalue weighted by molar-refractivity contribution is 5.90. The largest absolute Gasteiger partial charge is 0.380 e.